The van der Waals surface area contributed by atoms with Gasteiger partial charge in [0.1, 0.15) is 0 Å². The van der Waals surface area contributed by atoms with Crippen LogP contribution >= 0.6 is 0 Å². The molecule has 4 nitrogen and oxygen atoms in total. The molecule has 3 atom stereocenters. The van der Waals surface area contributed by atoms with Gasteiger partial charge in [0.15, 0.2) is 0 Å². The normalized spacial score (nSPS) is 30.6. The second-order valence-corrected chi connectivity index (χ2v) is 6.49. The summed E-state index contributed by atoms with van der Waals surface area (Å²) in [6, 6.07) is 0.393. The summed E-state index contributed by atoms with van der Waals surface area (Å²) in [5.41, 5.74) is 0. The summed E-state index contributed by atoms with van der Waals surface area (Å²) in [6.07, 6.45) is 6.11. The van der Waals surface area contributed by atoms with Crippen molar-refractivity contribution in [1.82, 2.24) is 10.2 Å². The fourth-order valence-electron chi connectivity index (χ4n) is 3.38. The van der Waals surface area contributed by atoms with Crippen molar-refractivity contribution in [2.45, 2.75) is 52.0 Å². The molecule has 0 aromatic heterocycles. The minimum absolute atomic E-state index is 0.199. The van der Waals surface area contributed by atoms with E-state index >= 15 is 0 Å². The molecule has 2 rings (SSSR count). The first-order valence-corrected chi connectivity index (χ1v) is 8.28. The van der Waals surface area contributed by atoms with Crippen LogP contribution in [0.2, 0.25) is 0 Å². The van der Waals surface area contributed by atoms with Gasteiger partial charge in [-0.05, 0) is 37.6 Å². The lowest BCUT2D eigenvalue weighted by Crippen LogP contribution is -2.46. The van der Waals surface area contributed by atoms with Crippen LogP contribution in [0.1, 0.15) is 46.0 Å². The number of carbonyl (C=O) groups is 1. The third-order valence-electron chi connectivity index (χ3n) is 4.81. The van der Waals surface area contributed by atoms with Gasteiger partial charge in [-0.2, -0.15) is 0 Å². The van der Waals surface area contributed by atoms with E-state index in [1.165, 1.54) is 19.3 Å². The van der Waals surface area contributed by atoms with E-state index in [-0.39, 0.29) is 5.91 Å². The highest BCUT2D eigenvalue weighted by Crippen LogP contribution is 2.23. The van der Waals surface area contributed by atoms with Crippen LogP contribution in [0, 0.1) is 11.8 Å². The van der Waals surface area contributed by atoms with Crippen molar-refractivity contribution in [2.75, 3.05) is 32.8 Å². The second-order valence-electron chi connectivity index (χ2n) is 6.49. The van der Waals surface area contributed by atoms with E-state index in [9.17, 15) is 4.79 Å². The monoisotopic (exact) mass is 282 g/mol. The molecule has 4 heteroatoms. The minimum atomic E-state index is 0.199. The van der Waals surface area contributed by atoms with Crippen LogP contribution in [0.4, 0.5) is 0 Å². The number of carbonyl (C=O) groups excluding carboxylic acids is 1. The lowest BCUT2D eigenvalue weighted by atomic mass is 9.86. The van der Waals surface area contributed by atoms with E-state index in [1.54, 1.807) is 0 Å². The Labute approximate surface area is 123 Å². The standard InChI is InChI=1S/C16H30N2O2/c1-3-18(10-14-8-9-20-12-14)11-16(19)17-15-7-5-4-6-13(15)2/h13-15H,3-12H2,1-2H3,(H,17,19). The Balaban J connectivity index is 1.73. The molecule has 0 aromatic carbocycles. The fraction of sp³-hybridized carbons (Fsp3) is 0.938. The largest absolute Gasteiger partial charge is 0.381 e. The number of nitrogens with zero attached hydrogens (tertiary/aromatic N) is 1. The van der Waals surface area contributed by atoms with Crippen molar-refractivity contribution in [3.63, 3.8) is 0 Å². The average molecular weight is 282 g/mol. The van der Waals surface area contributed by atoms with E-state index in [4.69, 9.17) is 4.74 Å². The van der Waals surface area contributed by atoms with Gasteiger partial charge in [0.05, 0.1) is 13.2 Å². The Hall–Kier alpha value is -0.610. The van der Waals surface area contributed by atoms with Gasteiger partial charge in [0.2, 0.25) is 5.91 Å². The quantitative estimate of drug-likeness (QED) is 0.810. The number of nitrogens with one attached hydrogen (secondary N) is 1. The van der Waals surface area contributed by atoms with Crippen LogP contribution in [0.3, 0.4) is 0 Å². The first kappa shape index (κ1) is 15.8. The van der Waals surface area contributed by atoms with Crippen molar-refractivity contribution < 1.29 is 9.53 Å². The first-order valence-electron chi connectivity index (χ1n) is 8.28. The Kier molecular flexibility index (Phi) is 6.30. The van der Waals surface area contributed by atoms with Crippen LogP contribution in [-0.4, -0.2) is 49.7 Å². The third kappa shape index (κ3) is 4.74. The molecule has 0 spiro atoms. The molecule has 3 unspecified atom stereocenters. The zero-order chi connectivity index (χ0) is 14.4. The van der Waals surface area contributed by atoms with Gasteiger partial charge in [-0.15, -0.1) is 0 Å². The van der Waals surface area contributed by atoms with Gasteiger partial charge >= 0.3 is 0 Å². The molecule has 2 fully saturated rings. The average Bonchev–Trinajstić information content (AvgIpc) is 2.93. The van der Waals surface area contributed by atoms with Gasteiger partial charge in [-0.25, -0.2) is 0 Å². The minimum Gasteiger partial charge on any atom is -0.381 e. The number of ether oxygens (including phenoxy) is 1. The molecule has 1 aliphatic heterocycles. The molecule has 0 aromatic rings. The molecule has 0 radical (unpaired) electrons. The topological polar surface area (TPSA) is 41.6 Å². The molecule has 1 saturated carbocycles. The highest BCUT2D eigenvalue weighted by molar-refractivity contribution is 5.78. The molecule has 1 aliphatic carbocycles. The molecule has 1 heterocycles. The second kappa shape index (κ2) is 7.99. The Morgan fingerprint density at radius 2 is 2.10 bits per heavy atom. The van der Waals surface area contributed by atoms with E-state index in [0.29, 0.717) is 24.4 Å². The molecule has 1 N–H and O–H groups in total. The number of likely N-dealkylation sites (N-methyl/N-ethyl adjacent to an activating group) is 1. The third-order valence-corrected chi connectivity index (χ3v) is 4.81. The van der Waals surface area contributed by atoms with E-state index in [2.05, 4.69) is 24.1 Å². The molecule has 1 saturated heterocycles. The summed E-state index contributed by atoms with van der Waals surface area (Å²) in [7, 11) is 0. The smallest absolute Gasteiger partial charge is 0.234 e. The van der Waals surface area contributed by atoms with Gasteiger partial charge < -0.3 is 10.1 Å². The lowest BCUT2D eigenvalue weighted by molar-refractivity contribution is -0.123. The van der Waals surface area contributed by atoms with Gasteiger partial charge in [0.25, 0.3) is 0 Å². The maximum atomic E-state index is 12.2. The van der Waals surface area contributed by atoms with E-state index < -0.39 is 0 Å². The van der Waals surface area contributed by atoms with Crippen molar-refractivity contribution in [2.24, 2.45) is 11.8 Å². The summed E-state index contributed by atoms with van der Waals surface area (Å²) in [4.78, 5) is 14.5. The number of hydrogen-bond donors (Lipinski definition) is 1. The molecule has 1 amide bonds. The summed E-state index contributed by atoms with van der Waals surface area (Å²) in [5, 5.41) is 3.25. The highest BCUT2D eigenvalue weighted by Gasteiger charge is 2.24. The summed E-state index contributed by atoms with van der Waals surface area (Å²) >= 11 is 0. The van der Waals surface area contributed by atoms with Crippen molar-refractivity contribution in [3.05, 3.63) is 0 Å². The van der Waals surface area contributed by atoms with Crippen LogP contribution in [0.25, 0.3) is 0 Å². The van der Waals surface area contributed by atoms with Gasteiger partial charge in [0, 0.05) is 19.2 Å². The summed E-state index contributed by atoms with van der Waals surface area (Å²) in [5.74, 6) is 1.44. The van der Waals surface area contributed by atoms with Crippen molar-refractivity contribution >= 4 is 5.91 Å². The van der Waals surface area contributed by atoms with Gasteiger partial charge in [-0.3, -0.25) is 9.69 Å². The van der Waals surface area contributed by atoms with Crippen LogP contribution in [-0.2, 0) is 9.53 Å². The lowest BCUT2D eigenvalue weighted by Gasteiger charge is -2.30. The number of rotatable bonds is 6. The van der Waals surface area contributed by atoms with Crippen molar-refractivity contribution in [3.8, 4) is 0 Å². The zero-order valence-corrected chi connectivity index (χ0v) is 13.1. The molecule has 20 heavy (non-hydrogen) atoms. The molecular weight excluding hydrogens is 252 g/mol. The maximum Gasteiger partial charge on any atom is 0.234 e. The Morgan fingerprint density at radius 1 is 1.30 bits per heavy atom. The first-order chi connectivity index (χ1) is 9.69. The van der Waals surface area contributed by atoms with Crippen LogP contribution < -0.4 is 5.32 Å². The van der Waals surface area contributed by atoms with Gasteiger partial charge in [-0.1, -0.05) is 26.7 Å². The van der Waals surface area contributed by atoms with Crippen LogP contribution in [0.15, 0.2) is 0 Å². The fourth-order valence-corrected chi connectivity index (χ4v) is 3.38. The Morgan fingerprint density at radius 3 is 2.75 bits per heavy atom. The Bertz CT molecular complexity index is 303. The van der Waals surface area contributed by atoms with E-state index in [0.717, 1.165) is 39.1 Å². The SMILES string of the molecule is CCN(CC(=O)NC1CCCCC1C)CC1CCOC1. The zero-order valence-electron chi connectivity index (χ0n) is 13.1. The predicted octanol–water partition coefficient (Wildman–Crippen LogP) is 2.04. The molecule has 0 bridgehead atoms. The van der Waals surface area contributed by atoms with E-state index in [1.807, 2.05) is 0 Å². The summed E-state index contributed by atoms with van der Waals surface area (Å²) < 4.78 is 5.42. The maximum absolute atomic E-state index is 12.2. The van der Waals surface area contributed by atoms with Crippen molar-refractivity contribution in [1.29, 1.82) is 0 Å². The highest BCUT2D eigenvalue weighted by atomic mass is 16.5. The molecule has 2 aliphatic rings. The number of amides is 1. The van der Waals surface area contributed by atoms with Crippen LogP contribution in [0.5, 0.6) is 0 Å². The predicted molar refractivity (Wildman–Crippen MR) is 80.6 cm³/mol. The molecular formula is C16H30N2O2. The number of hydrogen-bond acceptors (Lipinski definition) is 3. The molecule has 116 valence electrons. The summed E-state index contributed by atoms with van der Waals surface area (Å²) in [6.45, 7) is 8.60.